The summed E-state index contributed by atoms with van der Waals surface area (Å²) in [4.78, 5) is 13.2. The summed E-state index contributed by atoms with van der Waals surface area (Å²) < 4.78 is 5.33. The number of thioether (sulfide) groups is 1. The van der Waals surface area contributed by atoms with Crippen molar-refractivity contribution in [1.82, 2.24) is 0 Å². The van der Waals surface area contributed by atoms with Crippen molar-refractivity contribution in [2.24, 2.45) is 0 Å². The van der Waals surface area contributed by atoms with Crippen molar-refractivity contribution in [1.29, 1.82) is 0 Å². The molecule has 0 saturated heterocycles. The monoisotopic (exact) mass is 265 g/mol. The quantitative estimate of drug-likeness (QED) is 0.400. The Kier molecular flexibility index (Phi) is 3.71. The van der Waals surface area contributed by atoms with Crippen LogP contribution < -0.4 is 10.5 Å². The first kappa shape index (κ1) is 12.0. The Morgan fingerprint density at radius 2 is 2.18 bits per heavy atom. The van der Waals surface area contributed by atoms with Crippen molar-refractivity contribution in [3.63, 3.8) is 0 Å². The van der Waals surface area contributed by atoms with Gasteiger partial charge in [-0.1, -0.05) is 12.1 Å². The van der Waals surface area contributed by atoms with Crippen LogP contribution >= 0.6 is 23.1 Å². The standard InChI is InChI=1S/C12H11NO2S2/c1-16-11-8(13)4-2-5-9(11)15-12(14)10-6-3-7-17-10/h2-7H,13H2,1H3. The average molecular weight is 265 g/mol. The summed E-state index contributed by atoms with van der Waals surface area (Å²) in [5.74, 6) is 0.164. The molecular weight excluding hydrogens is 254 g/mol. The lowest BCUT2D eigenvalue weighted by Gasteiger charge is -2.09. The van der Waals surface area contributed by atoms with E-state index >= 15 is 0 Å². The van der Waals surface area contributed by atoms with Crippen LogP contribution in [-0.2, 0) is 0 Å². The highest BCUT2D eigenvalue weighted by molar-refractivity contribution is 7.98. The molecule has 0 saturated carbocycles. The molecule has 2 rings (SSSR count). The van der Waals surface area contributed by atoms with Crippen LogP contribution in [0.2, 0.25) is 0 Å². The van der Waals surface area contributed by atoms with E-state index in [0.717, 1.165) is 4.90 Å². The van der Waals surface area contributed by atoms with Gasteiger partial charge in [0.1, 0.15) is 10.6 Å². The highest BCUT2D eigenvalue weighted by atomic mass is 32.2. The van der Waals surface area contributed by atoms with Gasteiger partial charge in [0.05, 0.1) is 4.90 Å². The van der Waals surface area contributed by atoms with Crippen LogP contribution in [0.1, 0.15) is 9.67 Å². The normalized spacial score (nSPS) is 10.2. The van der Waals surface area contributed by atoms with E-state index in [1.165, 1.54) is 23.1 Å². The number of ether oxygens (including phenoxy) is 1. The Morgan fingerprint density at radius 1 is 1.35 bits per heavy atom. The molecule has 0 spiro atoms. The van der Waals surface area contributed by atoms with Crippen LogP contribution in [0, 0.1) is 0 Å². The van der Waals surface area contributed by atoms with Crippen molar-refractivity contribution in [3.05, 3.63) is 40.6 Å². The molecule has 1 heterocycles. The van der Waals surface area contributed by atoms with Gasteiger partial charge in [-0.15, -0.1) is 23.1 Å². The van der Waals surface area contributed by atoms with Crippen molar-refractivity contribution in [3.8, 4) is 5.75 Å². The Bertz CT molecular complexity index is 523. The number of anilines is 1. The molecule has 5 heteroatoms. The predicted octanol–water partition coefficient (Wildman–Crippen LogP) is 3.27. The molecular formula is C12H11NO2S2. The zero-order valence-electron chi connectivity index (χ0n) is 9.17. The lowest BCUT2D eigenvalue weighted by atomic mass is 10.3. The first-order valence-corrected chi connectivity index (χ1v) is 7.01. The zero-order chi connectivity index (χ0) is 12.3. The van der Waals surface area contributed by atoms with Crippen molar-refractivity contribution in [2.75, 3.05) is 12.0 Å². The van der Waals surface area contributed by atoms with Crippen LogP contribution in [0.3, 0.4) is 0 Å². The fraction of sp³-hybridized carbons (Fsp3) is 0.0833. The van der Waals surface area contributed by atoms with E-state index in [0.29, 0.717) is 16.3 Å². The van der Waals surface area contributed by atoms with E-state index in [1.54, 1.807) is 24.3 Å². The molecule has 0 bridgehead atoms. The summed E-state index contributed by atoms with van der Waals surface area (Å²) in [6.45, 7) is 0. The molecule has 2 aromatic rings. The first-order valence-electron chi connectivity index (χ1n) is 4.90. The van der Waals surface area contributed by atoms with Gasteiger partial charge in [0.2, 0.25) is 0 Å². The van der Waals surface area contributed by atoms with E-state index in [2.05, 4.69) is 0 Å². The summed E-state index contributed by atoms with van der Waals surface area (Å²) in [5, 5.41) is 1.84. The van der Waals surface area contributed by atoms with Gasteiger partial charge in [0.15, 0.2) is 0 Å². The molecule has 3 nitrogen and oxygen atoms in total. The molecule has 88 valence electrons. The molecule has 0 atom stereocenters. The Balaban J connectivity index is 2.25. The number of rotatable bonds is 3. The highest BCUT2D eigenvalue weighted by Gasteiger charge is 2.13. The van der Waals surface area contributed by atoms with Crippen molar-refractivity contribution < 1.29 is 9.53 Å². The van der Waals surface area contributed by atoms with E-state index in [4.69, 9.17) is 10.5 Å². The minimum absolute atomic E-state index is 0.346. The predicted molar refractivity (Wildman–Crippen MR) is 71.9 cm³/mol. The molecule has 1 aromatic carbocycles. The lowest BCUT2D eigenvalue weighted by molar-refractivity contribution is 0.0736. The van der Waals surface area contributed by atoms with Crippen LogP contribution in [0.15, 0.2) is 40.6 Å². The second kappa shape index (κ2) is 5.25. The zero-order valence-corrected chi connectivity index (χ0v) is 10.8. The molecule has 0 unspecified atom stereocenters. The summed E-state index contributed by atoms with van der Waals surface area (Å²) in [6, 6.07) is 8.85. The van der Waals surface area contributed by atoms with Crippen LogP contribution in [0.5, 0.6) is 5.75 Å². The fourth-order valence-electron chi connectivity index (χ4n) is 1.38. The maximum atomic E-state index is 11.8. The maximum Gasteiger partial charge on any atom is 0.353 e. The van der Waals surface area contributed by atoms with Crippen molar-refractivity contribution >= 4 is 34.8 Å². The number of thiophene rings is 1. The number of hydrogen-bond acceptors (Lipinski definition) is 5. The molecule has 17 heavy (non-hydrogen) atoms. The minimum atomic E-state index is -0.346. The highest BCUT2D eigenvalue weighted by Crippen LogP contribution is 2.33. The largest absolute Gasteiger partial charge is 0.421 e. The second-order valence-corrected chi connectivity index (χ2v) is 5.01. The third-order valence-corrected chi connectivity index (χ3v) is 3.83. The second-order valence-electron chi connectivity index (χ2n) is 3.25. The van der Waals surface area contributed by atoms with Gasteiger partial charge in [-0.05, 0) is 29.8 Å². The van der Waals surface area contributed by atoms with Gasteiger partial charge < -0.3 is 10.5 Å². The number of hydrogen-bond donors (Lipinski definition) is 1. The molecule has 2 N–H and O–H groups in total. The first-order chi connectivity index (χ1) is 8.22. The van der Waals surface area contributed by atoms with Gasteiger partial charge in [-0.3, -0.25) is 0 Å². The third-order valence-electron chi connectivity index (χ3n) is 2.14. The summed E-state index contributed by atoms with van der Waals surface area (Å²) >= 11 is 2.82. The number of carbonyl (C=O) groups excluding carboxylic acids is 1. The summed E-state index contributed by atoms with van der Waals surface area (Å²) in [5.41, 5.74) is 6.44. The van der Waals surface area contributed by atoms with Gasteiger partial charge in [-0.2, -0.15) is 0 Å². The Morgan fingerprint density at radius 3 is 2.82 bits per heavy atom. The number of nitrogen functional groups attached to an aromatic ring is 1. The molecule has 0 fully saturated rings. The smallest absolute Gasteiger partial charge is 0.353 e. The van der Waals surface area contributed by atoms with E-state index in [-0.39, 0.29) is 5.97 Å². The van der Waals surface area contributed by atoms with Crippen LogP contribution in [-0.4, -0.2) is 12.2 Å². The van der Waals surface area contributed by atoms with Gasteiger partial charge in [-0.25, -0.2) is 4.79 Å². The lowest BCUT2D eigenvalue weighted by Crippen LogP contribution is -2.07. The minimum Gasteiger partial charge on any atom is -0.421 e. The summed E-state index contributed by atoms with van der Waals surface area (Å²) in [6.07, 6.45) is 1.90. The molecule has 1 aromatic heterocycles. The number of carbonyl (C=O) groups is 1. The van der Waals surface area contributed by atoms with Crippen molar-refractivity contribution in [2.45, 2.75) is 4.90 Å². The number of esters is 1. The maximum absolute atomic E-state index is 11.8. The molecule has 0 amide bonds. The van der Waals surface area contributed by atoms with E-state index in [9.17, 15) is 4.79 Å². The van der Waals surface area contributed by atoms with Gasteiger partial charge in [0, 0.05) is 5.69 Å². The topological polar surface area (TPSA) is 52.3 Å². The molecule has 0 radical (unpaired) electrons. The third kappa shape index (κ3) is 2.62. The van der Waals surface area contributed by atoms with Gasteiger partial charge in [0.25, 0.3) is 0 Å². The van der Waals surface area contributed by atoms with Gasteiger partial charge >= 0.3 is 5.97 Å². The van der Waals surface area contributed by atoms with E-state index < -0.39 is 0 Å². The molecule has 0 aliphatic rings. The summed E-state index contributed by atoms with van der Waals surface area (Å²) in [7, 11) is 0. The molecule has 0 aliphatic carbocycles. The number of benzene rings is 1. The Hall–Kier alpha value is -1.46. The van der Waals surface area contributed by atoms with Crippen LogP contribution in [0.4, 0.5) is 5.69 Å². The molecule has 0 aliphatic heterocycles. The van der Waals surface area contributed by atoms with E-state index in [1.807, 2.05) is 17.7 Å². The van der Waals surface area contributed by atoms with Crippen LogP contribution in [0.25, 0.3) is 0 Å². The SMILES string of the molecule is CSc1c(N)cccc1OC(=O)c1cccs1. The average Bonchev–Trinajstić information content (AvgIpc) is 2.82. The number of nitrogens with two attached hydrogens (primary N) is 1. The fourth-order valence-corrected chi connectivity index (χ4v) is 2.59. The Labute approximate surface area is 108 Å².